The molecule has 3 atom stereocenters. The zero-order chi connectivity index (χ0) is 33.3. The maximum absolute atomic E-state index is 12.8. The highest BCUT2D eigenvalue weighted by Crippen LogP contribution is 2.37. The smallest absolute Gasteiger partial charge is 0.355 e. The molecule has 1 aromatic heterocycles. The fourth-order valence-electron chi connectivity index (χ4n) is 4.36. The first-order chi connectivity index (χ1) is 21.2. The van der Waals surface area contributed by atoms with E-state index >= 15 is 0 Å². The molecule has 1 saturated carbocycles. The number of thiazole rings is 1. The molecule has 0 bridgehead atoms. The minimum Gasteiger partial charge on any atom is -0.476 e. The molecule has 1 aliphatic carbocycles. The van der Waals surface area contributed by atoms with E-state index in [0.29, 0.717) is 28.6 Å². The number of thioether (sulfide) groups is 1. The van der Waals surface area contributed by atoms with E-state index in [0.717, 1.165) is 0 Å². The summed E-state index contributed by atoms with van der Waals surface area (Å²) in [6.07, 6.45) is -0.507. The van der Waals surface area contributed by atoms with Gasteiger partial charge in [-0.1, -0.05) is 0 Å². The van der Waals surface area contributed by atoms with Crippen LogP contribution in [0.4, 0.5) is 0 Å². The summed E-state index contributed by atoms with van der Waals surface area (Å²) in [5.74, 6) is -4.57. The largest absolute Gasteiger partial charge is 0.476 e. The molecule has 0 saturated heterocycles. The Balaban J connectivity index is 1.37. The van der Waals surface area contributed by atoms with Crippen molar-refractivity contribution in [3.63, 3.8) is 0 Å². The molecular weight excluding hydrogens is 630 g/mol. The van der Waals surface area contributed by atoms with E-state index in [9.17, 15) is 38.4 Å². The Morgan fingerprint density at radius 1 is 1.09 bits per heavy atom. The van der Waals surface area contributed by atoms with Gasteiger partial charge in [0.2, 0.25) is 29.5 Å². The first kappa shape index (κ1) is 35.3. The summed E-state index contributed by atoms with van der Waals surface area (Å²) < 4.78 is 0. The normalized spacial score (nSPS) is 17.6. The highest BCUT2D eigenvalue weighted by molar-refractivity contribution is 8.14. The molecule has 3 rings (SSSR count). The number of nitrogens with zero attached hydrogens (tertiary/aromatic N) is 2. The molecule has 1 aliphatic heterocycles. The Morgan fingerprint density at radius 3 is 2.40 bits per heavy atom. The standard InChI is InChI=1S/C27H35N7O9S2/c1-13(30-24(41)16(8-20(28)38)31-14(2)35)3-4-15(36)7-22(40)34-27(5-6-27)19(37)9-21(39)29-10-23-32-17(11-44-23)25-33-18(12-45-25)26(42)43/h12-13,16-17H,3-11H2,1-2H3,(H2,28,38)(H,29,39)(H,30,41)(H,31,35)(H,34,40)(H,42,43)/t13-,16+,17-/m0/s1. The van der Waals surface area contributed by atoms with Crippen molar-refractivity contribution in [2.24, 2.45) is 10.7 Å². The van der Waals surface area contributed by atoms with E-state index in [1.54, 1.807) is 6.92 Å². The van der Waals surface area contributed by atoms with Crippen molar-refractivity contribution in [3.8, 4) is 0 Å². The molecule has 244 valence electrons. The van der Waals surface area contributed by atoms with Crippen molar-refractivity contribution < 1.29 is 43.5 Å². The van der Waals surface area contributed by atoms with Crippen LogP contribution in [0, 0.1) is 0 Å². The Labute approximate surface area is 266 Å². The number of amides is 5. The highest BCUT2D eigenvalue weighted by Gasteiger charge is 2.51. The number of nitrogens with one attached hydrogen (secondary N) is 4. The topological polar surface area (TPSA) is 256 Å². The Hall–Kier alpha value is -4.19. The van der Waals surface area contributed by atoms with Gasteiger partial charge in [-0.2, -0.15) is 0 Å². The Morgan fingerprint density at radius 2 is 1.80 bits per heavy atom. The molecule has 1 fully saturated rings. The summed E-state index contributed by atoms with van der Waals surface area (Å²) in [6.45, 7) is 2.91. The lowest BCUT2D eigenvalue weighted by Crippen LogP contribution is -2.50. The highest BCUT2D eigenvalue weighted by atomic mass is 32.2. The third kappa shape index (κ3) is 11.0. The number of primary amides is 1. The summed E-state index contributed by atoms with van der Waals surface area (Å²) >= 11 is 2.60. The van der Waals surface area contributed by atoms with Gasteiger partial charge in [-0.05, 0) is 26.2 Å². The van der Waals surface area contributed by atoms with Gasteiger partial charge in [-0.3, -0.25) is 38.6 Å². The van der Waals surface area contributed by atoms with Crippen LogP contribution in [-0.2, 0) is 33.6 Å². The van der Waals surface area contributed by atoms with Crippen molar-refractivity contribution in [1.82, 2.24) is 26.3 Å². The van der Waals surface area contributed by atoms with Gasteiger partial charge in [0, 0.05) is 30.5 Å². The monoisotopic (exact) mass is 665 g/mol. The molecule has 0 spiro atoms. The lowest BCUT2D eigenvalue weighted by atomic mass is 10.0. The van der Waals surface area contributed by atoms with Gasteiger partial charge in [-0.25, -0.2) is 9.78 Å². The van der Waals surface area contributed by atoms with E-state index < -0.39 is 77.5 Å². The molecule has 45 heavy (non-hydrogen) atoms. The average molecular weight is 666 g/mol. The number of carboxylic acids is 1. The number of hydrogen-bond acceptors (Lipinski definition) is 12. The first-order valence-corrected chi connectivity index (χ1v) is 15.9. The van der Waals surface area contributed by atoms with Crippen molar-refractivity contribution in [3.05, 3.63) is 16.1 Å². The average Bonchev–Trinajstić information content (AvgIpc) is 3.32. The van der Waals surface area contributed by atoms with Gasteiger partial charge in [0.25, 0.3) is 0 Å². The van der Waals surface area contributed by atoms with E-state index in [-0.39, 0.29) is 37.5 Å². The van der Waals surface area contributed by atoms with Gasteiger partial charge >= 0.3 is 5.97 Å². The molecule has 18 heteroatoms. The van der Waals surface area contributed by atoms with Gasteiger partial charge in [-0.15, -0.1) is 23.1 Å². The number of nitrogens with two attached hydrogens (primary N) is 1. The Kier molecular flexibility index (Phi) is 12.3. The van der Waals surface area contributed by atoms with E-state index in [2.05, 4.69) is 31.2 Å². The number of aromatic carboxylic acids is 1. The second-order valence-electron chi connectivity index (χ2n) is 10.8. The zero-order valence-corrected chi connectivity index (χ0v) is 26.3. The second kappa shape index (κ2) is 15.7. The van der Waals surface area contributed by atoms with Crippen LogP contribution in [0.25, 0.3) is 0 Å². The predicted molar refractivity (Wildman–Crippen MR) is 162 cm³/mol. The van der Waals surface area contributed by atoms with Crippen molar-refractivity contribution in [1.29, 1.82) is 0 Å². The van der Waals surface area contributed by atoms with Crippen LogP contribution in [-0.4, -0.2) is 92.1 Å². The molecule has 0 unspecified atom stereocenters. The molecule has 1 aromatic rings. The number of aromatic nitrogens is 1. The van der Waals surface area contributed by atoms with Crippen LogP contribution in [0.1, 0.15) is 80.3 Å². The van der Waals surface area contributed by atoms with Crippen LogP contribution in [0.2, 0.25) is 0 Å². The number of carbonyl (C=O) groups is 8. The summed E-state index contributed by atoms with van der Waals surface area (Å²) in [6, 6.07) is -1.97. The van der Waals surface area contributed by atoms with Gasteiger partial charge in [0.1, 0.15) is 22.9 Å². The molecular formula is C27H35N7O9S2. The molecule has 0 aromatic carbocycles. The zero-order valence-electron chi connectivity index (χ0n) is 24.7. The molecule has 7 N–H and O–H groups in total. The third-order valence-electron chi connectivity index (χ3n) is 6.86. The fourth-order valence-corrected chi connectivity index (χ4v) is 6.26. The van der Waals surface area contributed by atoms with Crippen molar-refractivity contribution in [2.75, 3.05) is 12.3 Å². The van der Waals surface area contributed by atoms with Crippen LogP contribution in [0.3, 0.4) is 0 Å². The van der Waals surface area contributed by atoms with E-state index in [1.165, 1.54) is 35.4 Å². The van der Waals surface area contributed by atoms with Crippen LogP contribution < -0.4 is 27.0 Å². The Bertz CT molecular complexity index is 1390. The minimum absolute atomic E-state index is 0.0467. The number of hydrogen-bond donors (Lipinski definition) is 6. The molecule has 5 amide bonds. The van der Waals surface area contributed by atoms with Crippen LogP contribution in [0.15, 0.2) is 10.4 Å². The molecule has 2 aliphatic rings. The lowest BCUT2D eigenvalue weighted by Gasteiger charge is -2.20. The van der Waals surface area contributed by atoms with Crippen molar-refractivity contribution in [2.45, 2.75) is 82.5 Å². The van der Waals surface area contributed by atoms with Gasteiger partial charge in [0.05, 0.1) is 36.4 Å². The number of Topliss-reactive ketones (excluding diaryl/α,β-unsaturated/α-hetero) is 2. The molecule has 2 heterocycles. The third-order valence-corrected chi connectivity index (χ3v) is 8.87. The van der Waals surface area contributed by atoms with Crippen LogP contribution >= 0.6 is 23.1 Å². The fraction of sp³-hybridized carbons (Fsp3) is 0.556. The number of carbonyl (C=O) groups excluding carboxylic acids is 7. The van der Waals surface area contributed by atoms with E-state index in [4.69, 9.17) is 10.8 Å². The van der Waals surface area contributed by atoms with Crippen molar-refractivity contribution >= 4 is 75.2 Å². The second-order valence-corrected chi connectivity index (χ2v) is 12.8. The summed E-state index contributed by atoms with van der Waals surface area (Å²) in [5, 5.41) is 21.8. The van der Waals surface area contributed by atoms with Gasteiger partial charge in [0.15, 0.2) is 11.5 Å². The molecule has 0 radical (unpaired) electrons. The summed E-state index contributed by atoms with van der Waals surface area (Å²) in [4.78, 5) is 105. The molecule has 16 nitrogen and oxygen atoms in total. The number of rotatable bonds is 18. The van der Waals surface area contributed by atoms with E-state index in [1.807, 2.05) is 0 Å². The number of aliphatic imine (C=N–C) groups is 1. The van der Waals surface area contributed by atoms with Crippen LogP contribution in [0.5, 0.6) is 0 Å². The lowest BCUT2D eigenvalue weighted by molar-refractivity contribution is -0.135. The minimum atomic E-state index is -1.19. The summed E-state index contributed by atoms with van der Waals surface area (Å²) in [7, 11) is 0. The maximum atomic E-state index is 12.8. The predicted octanol–water partition coefficient (Wildman–Crippen LogP) is -0.624. The van der Waals surface area contributed by atoms with Gasteiger partial charge < -0.3 is 32.1 Å². The number of carboxylic acid groups (broad SMARTS) is 1. The first-order valence-electron chi connectivity index (χ1n) is 14.0. The summed E-state index contributed by atoms with van der Waals surface area (Å²) in [5.41, 5.74) is 3.89. The quantitative estimate of drug-likeness (QED) is 0.108. The maximum Gasteiger partial charge on any atom is 0.355 e. The SMILES string of the molecule is CC(=O)N[C@H](CC(N)=O)C(=O)N[C@@H](C)CCC(=O)CC(=O)NC1(C(=O)CC(=O)NCC2=N[C@H](c3nc(C(=O)O)cs3)CS2)CC1. The number of ketones is 2.